The van der Waals surface area contributed by atoms with Crippen LogP contribution in [0, 0.1) is 0 Å². The molecule has 0 saturated carbocycles. The van der Waals surface area contributed by atoms with Crippen molar-refractivity contribution < 1.29 is 9.53 Å². The molecule has 0 unspecified atom stereocenters. The summed E-state index contributed by atoms with van der Waals surface area (Å²) < 4.78 is 5.89. The number of amides is 1. The number of carbonyl (C=O) groups excluding carboxylic acids is 1. The van der Waals surface area contributed by atoms with E-state index in [1.807, 2.05) is 41.3 Å². The minimum Gasteiger partial charge on any atom is -0.458 e. The largest absolute Gasteiger partial charge is 0.458 e. The van der Waals surface area contributed by atoms with Crippen molar-refractivity contribution in [3.05, 3.63) is 89.2 Å². The number of hydrogen-bond donors (Lipinski definition) is 0. The van der Waals surface area contributed by atoms with Crippen molar-refractivity contribution in [2.75, 3.05) is 13.1 Å². The molecule has 2 heterocycles. The van der Waals surface area contributed by atoms with Crippen molar-refractivity contribution in [2.45, 2.75) is 31.3 Å². The van der Waals surface area contributed by atoms with Crippen LogP contribution >= 0.6 is 11.6 Å². The van der Waals surface area contributed by atoms with Gasteiger partial charge in [-0.3, -0.25) is 4.79 Å². The summed E-state index contributed by atoms with van der Waals surface area (Å²) in [4.78, 5) is 23.3. The van der Waals surface area contributed by atoms with Crippen molar-refractivity contribution in [1.82, 2.24) is 14.9 Å². The molecular weight excluding hydrogens is 398 g/mol. The van der Waals surface area contributed by atoms with Crippen LogP contribution in [0.15, 0.2) is 73.1 Å². The van der Waals surface area contributed by atoms with Crippen LogP contribution in [0.4, 0.5) is 0 Å². The Morgan fingerprint density at radius 2 is 1.63 bits per heavy atom. The highest BCUT2D eigenvalue weighted by Gasteiger charge is 2.28. The second-order valence-corrected chi connectivity index (χ2v) is 7.92. The number of carbonyl (C=O) groups is 1. The molecule has 1 amide bonds. The molecule has 4 rings (SSSR count). The Morgan fingerprint density at radius 1 is 1.03 bits per heavy atom. The number of ether oxygens (including phenoxy) is 1. The van der Waals surface area contributed by atoms with E-state index in [4.69, 9.17) is 16.3 Å². The highest BCUT2D eigenvalue weighted by atomic mass is 35.5. The molecule has 5 nitrogen and oxygen atoms in total. The Balaban J connectivity index is 1.45. The summed E-state index contributed by atoms with van der Waals surface area (Å²) in [5, 5.41) is 0.468. The van der Waals surface area contributed by atoms with E-state index in [0.29, 0.717) is 24.0 Å². The van der Waals surface area contributed by atoms with Crippen molar-refractivity contribution in [3.8, 4) is 6.01 Å². The number of halogens is 1. The van der Waals surface area contributed by atoms with Crippen LogP contribution in [0.5, 0.6) is 6.01 Å². The molecule has 0 N–H and O–H groups in total. The van der Waals surface area contributed by atoms with Gasteiger partial charge >= 0.3 is 6.01 Å². The number of likely N-dealkylation sites (tertiary alicyclic amines) is 1. The maximum atomic E-state index is 13.2. The van der Waals surface area contributed by atoms with E-state index >= 15 is 0 Å². The molecule has 1 fully saturated rings. The first-order valence-corrected chi connectivity index (χ1v) is 10.6. The molecular formula is C24H24ClN3O2. The standard InChI is InChI=1S/C24H24ClN3O2/c25-20-15-26-24(27-16-20)30-21-12-7-13-28(17-21)23(29)14-22(18-8-3-1-4-9-18)19-10-5-2-6-11-19/h1-6,8-11,15-16,21-22H,7,12-14,17H2/t21-/m1/s1. The molecule has 1 aliphatic heterocycles. The molecule has 1 aliphatic rings. The van der Waals surface area contributed by atoms with Gasteiger partial charge in [-0.05, 0) is 24.0 Å². The van der Waals surface area contributed by atoms with Gasteiger partial charge in [-0.15, -0.1) is 0 Å². The summed E-state index contributed by atoms with van der Waals surface area (Å²) in [6, 6.07) is 20.7. The average molecular weight is 422 g/mol. The van der Waals surface area contributed by atoms with E-state index < -0.39 is 0 Å². The third kappa shape index (κ3) is 5.16. The van der Waals surface area contributed by atoms with E-state index in [1.54, 1.807) is 0 Å². The molecule has 2 aromatic carbocycles. The van der Waals surface area contributed by atoms with Gasteiger partial charge in [0.15, 0.2) is 0 Å². The summed E-state index contributed by atoms with van der Waals surface area (Å²) in [7, 11) is 0. The van der Waals surface area contributed by atoms with Gasteiger partial charge in [-0.2, -0.15) is 0 Å². The van der Waals surface area contributed by atoms with Crippen LogP contribution < -0.4 is 4.74 Å². The lowest BCUT2D eigenvalue weighted by Crippen LogP contribution is -2.44. The predicted octanol–water partition coefficient (Wildman–Crippen LogP) is 4.72. The SMILES string of the molecule is O=C(CC(c1ccccc1)c1ccccc1)N1CCC[C@@H](Oc2ncc(Cl)cn2)C1. The van der Waals surface area contributed by atoms with Crippen molar-refractivity contribution in [1.29, 1.82) is 0 Å². The van der Waals surface area contributed by atoms with Crippen molar-refractivity contribution in [2.24, 2.45) is 0 Å². The second-order valence-electron chi connectivity index (χ2n) is 7.48. The Hall–Kier alpha value is -2.92. The Kier molecular flexibility index (Phi) is 6.60. The number of piperidine rings is 1. The van der Waals surface area contributed by atoms with Gasteiger partial charge in [0.1, 0.15) is 6.10 Å². The number of rotatable bonds is 6. The van der Waals surface area contributed by atoms with Crippen LogP contribution in [-0.2, 0) is 4.79 Å². The first-order valence-electron chi connectivity index (χ1n) is 10.2. The Morgan fingerprint density at radius 3 is 2.23 bits per heavy atom. The van der Waals surface area contributed by atoms with Crippen molar-refractivity contribution >= 4 is 17.5 Å². The van der Waals surface area contributed by atoms with Crippen LogP contribution in [0.3, 0.4) is 0 Å². The third-order valence-corrected chi connectivity index (χ3v) is 5.58. The van der Waals surface area contributed by atoms with Gasteiger partial charge in [-0.1, -0.05) is 72.3 Å². The maximum absolute atomic E-state index is 13.2. The quantitative estimate of drug-likeness (QED) is 0.577. The monoisotopic (exact) mass is 421 g/mol. The molecule has 30 heavy (non-hydrogen) atoms. The lowest BCUT2D eigenvalue weighted by atomic mass is 9.88. The van der Waals surface area contributed by atoms with Gasteiger partial charge in [0, 0.05) is 18.9 Å². The zero-order valence-electron chi connectivity index (χ0n) is 16.7. The fraction of sp³-hybridized carbons (Fsp3) is 0.292. The third-order valence-electron chi connectivity index (χ3n) is 5.38. The van der Waals surface area contributed by atoms with Gasteiger partial charge in [0.05, 0.1) is 24.0 Å². The number of nitrogens with zero attached hydrogens (tertiary/aromatic N) is 3. The molecule has 3 aromatic rings. The normalized spacial score (nSPS) is 16.5. The van der Waals surface area contributed by atoms with Crippen LogP contribution in [0.1, 0.15) is 36.3 Å². The molecule has 0 spiro atoms. The molecule has 0 radical (unpaired) electrons. The number of hydrogen-bond acceptors (Lipinski definition) is 4. The van der Waals surface area contributed by atoms with E-state index in [2.05, 4.69) is 34.2 Å². The van der Waals surface area contributed by atoms with E-state index in [1.165, 1.54) is 12.4 Å². The lowest BCUT2D eigenvalue weighted by Gasteiger charge is -2.33. The molecule has 154 valence electrons. The van der Waals surface area contributed by atoms with Gasteiger partial charge < -0.3 is 9.64 Å². The Labute approximate surface area is 181 Å². The molecule has 1 aromatic heterocycles. The zero-order chi connectivity index (χ0) is 20.8. The summed E-state index contributed by atoms with van der Waals surface area (Å²) >= 11 is 5.84. The van der Waals surface area contributed by atoms with Crippen LogP contribution in [-0.4, -0.2) is 40.0 Å². The zero-order valence-corrected chi connectivity index (χ0v) is 17.4. The molecule has 1 saturated heterocycles. The number of aromatic nitrogens is 2. The first-order chi connectivity index (χ1) is 14.7. The Bertz CT molecular complexity index is 912. The fourth-order valence-electron chi connectivity index (χ4n) is 3.87. The molecule has 1 atom stereocenters. The summed E-state index contributed by atoms with van der Waals surface area (Å²) in [5.74, 6) is 0.166. The summed E-state index contributed by atoms with van der Waals surface area (Å²) in [6.07, 6.45) is 5.11. The van der Waals surface area contributed by atoms with Crippen molar-refractivity contribution in [3.63, 3.8) is 0 Å². The average Bonchev–Trinajstić information content (AvgIpc) is 2.80. The molecule has 6 heteroatoms. The highest BCUT2D eigenvalue weighted by Crippen LogP contribution is 2.29. The lowest BCUT2D eigenvalue weighted by molar-refractivity contribution is -0.134. The van der Waals surface area contributed by atoms with Gasteiger partial charge in [0.25, 0.3) is 0 Å². The minimum atomic E-state index is -0.115. The second kappa shape index (κ2) is 9.72. The van der Waals surface area contributed by atoms with E-state index in [9.17, 15) is 4.79 Å². The summed E-state index contributed by atoms with van der Waals surface area (Å²) in [5.41, 5.74) is 2.30. The maximum Gasteiger partial charge on any atom is 0.316 e. The fourth-order valence-corrected chi connectivity index (χ4v) is 3.97. The minimum absolute atomic E-state index is 0.0285. The number of benzene rings is 2. The molecule has 0 aliphatic carbocycles. The topological polar surface area (TPSA) is 55.3 Å². The van der Waals surface area contributed by atoms with Gasteiger partial charge in [0.2, 0.25) is 5.91 Å². The smallest absolute Gasteiger partial charge is 0.316 e. The first kappa shape index (κ1) is 20.4. The highest BCUT2D eigenvalue weighted by molar-refractivity contribution is 6.30. The van der Waals surface area contributed by atoms with E-state index in [-0.39, 0.29) is 17.9 Å². The van der Waals surface area contributed by atoms with E-state index in [0.717, 1.165) is 30.5 Å². The summed E-state index contributed by atoms with van der Waals surface area (Å²) in [6.45, 7) is 1.29. The van der Waals surface area contributed by atoms with Crippen LogP contribution in [0.2, 0.25) is 5.02 Å². The molecule has 0 bridgehead atoms. The van der Waals surface area contributed by atoms with Crippen LogP contribution in [0.25, 0.3) is 0 Å². The predicted molar refractivity (Wildman–Crippen MR) is 117 cm³/mol. The van der Waals surface area contributed by atoms with Gasteiger partial charge in [-0.25, -0.2) is 9.97 Å².